The first-order valence-electron chi connectivity index (χ1n) is 8.82. The second-order valence-electron chi connectivity index (χ2n) is 8.77. The van der Waals surface area contributed by atoms with E-state index in [2.05, 4.69) is 97.0 Å². The molecule has 2 rings (SSSR count). The summed E-state index contributed by atoms with van der Waals surface area (Å²) in [6, 6.07) is 18.4. The molecule has 0 radical (unpaired) electrons. The third kappa shape index (κ3) is 4.25. The SMILES string of the molecule is CCc1ccc(C(c2ccc(C(C)(C)C)cc2)C(C)(C)C)cc1. The first-order valence-corrected chi connectivity index (χ1v) is 8.82. The first-order chi connectivity index (χ1) is 10.6. The zero-order valence-electron chi connectivity index (χ0n) is 15.9. The smallest absolute Gasteiger partial charge is 0.0138 e. The fraction of sp³-hybridized carbons (Fsp3) is 0.478. The van der Waals surface area contributed by atoms with Gasteiger partial charge < -0.3 is 0 Å². The third-order valence-electron chi connectivity index (χ3n) is 4.70. The van der Waals surface area contributed by atoms with E-state index in [0.717, 1.165) is 6.42 Å². The van der Waals surface area contributed by atoms with Crippen molar-refractivity contribution in [2.24, 2.45) is 5.41 Å². The highest BCUT2D eigenvalue weighted by atomic mass is 14.3. The van der Waals surface area contributed by atoms with Crippen LogP contribution in [-0.4, -0.2) is 0 Å². The molecule has 124 valence electrons. The summed E-state index contributed by atoms with van der Waals surface area (Å²) in [6.07, 6.45) is 1.10. The van der Waals surface area contributed by atoms with Crippen LogP contribution < -0.4 is 0 Å². The highest BCUT2D eigenvalue weighted by Crippen LogP contribution is 2.41. The van der Waals surface area contributed by atoms with E-state index in [1.165, 1.54) is 22.3 Å². The lowest BCUT2D eigenvalue weighted by Crippen LogP contribution is -2.20. The maximum absolute atomic E-state index is 2.34. The minimum absolute atomic E-state index is 0.191. The predicted molar refractivity (Wildman–Crippen MR) is 102 cm³/mol. The van der Waals surface area contributed by atoms with Crippen LogP contribution in [0, 0.1) is 5.41 Å². The van der Waals surface area contributed by atoms with Crippen molar-refractivity contribution in [2.45, 2.75) is 66.2 Å². The lowest BCUT2D eigenvalue weighted by atomic mass is 9.72. The molecule has 0 aliphatic rings. The normalized spacial score (nSPS) is 13.9. The van der Waals surface area contributed by atoms with Gasteiger partial charge in [-0.15, -0.1) is 0 Å². The molecule has 23 heavy (non-hydrogen) atoms. The molecule has 0 spiro atoms. The molecule has 0 aromatic heterocycles. The summed E-state index contributed by atoms with van der Waals surface area (Å²) in [6.45, 7) is 16.0. The van der Waals surface area contributed by atoms with Crippen molar-refractivity contribution in [1.29, 1.82) is 0 Å². The Morgan fingerprint density at radius 1 is 0.696 bits per heavy atom. The Morgan fingerprint density at radius 3 is 1.48 bits per heavy atom. The van der Waals surface area contributed by atoms with Gasteiger partial charge in [-0.25, -0.2) is 0 Å². The van der Waals surface area contributed by atoms with Gasteiger partial charge >= 0.3 is 0 Å². The van der Waals surface area contributed by atoms with Gasteiger partial charge in [0.15, 0.2) is 0 Å². The summed E-state index contributed by atoms with van der Waals surface area (Å²) in [7, 11) is 0. The molecular weight excluding hydrogens is 276 g/mol. The van der Waals surface area contributed by atoms with Crippen molar-refractivity contribution in [2.75, 3.05) is 0 Å². The van der Waals surface area contributed by atoms with E-state index in [0.29, 0.717) is 5.92 Å². The molecule has 0 saturated heterocycles. The van der Waals surface area contributed by atoms with E-state index in [4.69, 9.17) is 0 Å². The Hall–Kier alpha value is -1.56. The van der Waals surface area contributed by atoms with Crippen molar-refractivity contribution >= 4 is 0 Å². The number of hydrogen-bond donors (Lipinski definition) is 0. The molecule has 0 nitrogen and oxygen atoms in total. The van der Waals surface area contributed by atoms with E-state index in [-0.39, 0.29) is 10.8 Å². The second kappa shape index (κ2) is 6.51. The average molecular weight is 309 g/mol. The van der Waals surface area contributed by atoms with Gasteiger partial charge in [-0.2, -0.15) is 0 Å². The van der Waals surface area contributed by atoms with Crippen molar-refractivity contribution in [3.63, 3.8) is 0 Å². The summed E-state index contributed by atoms with van der Waals surface area (Å²) in [5, 5.41) is 0. The summed E-state index contributed by atoms with van der Waals surface area (Å²) < 4.78 is 0. The number of hydrogen-bond acceptors (Lipinski definition) is 0. The summed E-state index contributed by atoms with van der Waals surface area (Å²) in [5.74, 6) is 0.419. The van der Waals surface area contributed by atoms with Gasteiger partial charge in [0.25, 0.3) is 0 Å². The minimum atomic E-state index is 0.191. The highest BCUT2D eigenvalue weighted by Gasteiger charge is 2.28. The van der Waals surface area contributed by atoms with E-state index in [9.17, 15) is 0 Å². The fourth-order valence-corrected chi connectivity index (χ4v) is 3.31. The Bertz CT molecular complexity index is 616. The van der Waals surface area contributed by atoms with E-state index >= 15 is 0 Å². The number of benzene rings is 2. The standard InChI is InChI=1S/C23H32/c1-8-17-9-11-18(12-10-17)21(23(5,6)7)19-13-15-20(16-14-19)22(2,3)4/h9-16,21H,8H2,1-7H3. The summed E-state index contributed by atoms with van der Waals surface area (Å²) in [5.41, 5.74) is 6.03. The predicted octanol–water partition coefficient (Wildman–Crippen LogP) is 6.72. The van der Waals surface area contributed by atoms with Gasteiger partial charge in [-0.05, 0) is 39.5 Å². The average Bonchev–Trinajstić information content (AvgIpc) is 2.46. The van der Waals surface area contributed by atoms with Crippen LogP contribution in [0.25, 0.3) is 0 Å². The maximum atomic E-state index is 2.34. The molecule has 1 atom stereocenters. The first kappa shape index (κ1) is 17.8. The van der Waals surface area contributed by atoms with E-state index < -0.39 is 0 Å². The Morgan fingerprint density at radius 2 is 1.13 bits per heavy atom. The van der Waals surface area contributed by atoms with Crippen LogP contribution in [0.5, 0.6) is 0 Å². The molecule has 2 aromatic carbocycles. The van der Waals surface area contributed by atoms with Crippen molar-refractivity contribution < 1.29 is 0 Å². The molecule has 0 saturated carbocycles. The van der Waals surface area contributed by atoms with Gasteiger partial charge in [0.1, 0.15) is 0 Å². The van der Waals surface area contributed by atoms with Crippen LogP contribution in [-0.2, 0) is 11.8 Å². The molecule has 0 N–H and O–H groups in total. The quantitative estimate of drug-likeness (QED) is 0.590. The molecule has 0 bridgehead atoms. The zero-order chi connectivity index (χ0) is 17.3. The van der Waals surface area contributed by atoms with Gasteiger partial charge in [0.2, 0.25) is 0 Å². The van der Waals surface area contributed by atoms with Crippen molar-refractivity contribution in [1.82, 2.24) is 0 Å². The van der Waals surface area contributed by atoms with Crippen LogP contribution >= 0.6 is 0 Å². The Labute approximate surface area is 143 Å². The van der Waals surface area contributed by atoms with Gasteiger partial charge in [0, 0.05) is 5.92 Å². The Kier molecular flexibility index (Phi) is 5.04. The lowest BCUT2D eigenvalue weighted by Gasteiger charge is -2.32. The van der Waals surface area contributed by atoms with Crippen LogP contribution in [0.2, 0.25) is 0 Å². The fourth-order valence-electron chi connectivity index (χ4n) is 3.31. The molecule has 0 aliphatic carbocycles. The largest absolute Gasteiger partial charge is 0.0613 e. The second-order valence-corrected chi connectivity index (χ2v) is 8.77. The Balaban J connectivity index is 2.43. The molecular formula is C23H32. The van der Waals surface area contributed by atoms with Crippen molar-refractivity contribution in [3.8, 4) is 0 Å². The molecule has 0 aliphatic heterocycles. The topological polar surface area (TPSA) is 0 Å². The van der Waals surface area contributed by atoms with Gasteiger partial charge in [-0.1, -0.05) is 97.0 Å². The van der Waals surface area contributed by atoms with Gasteiger partial charge in [0.05, 0.1) is 0 Å². The molecule has 2 aromatic rings. The molecule has 0 fully saturated rings. The van der Waals surface area contributed by atoms with Crippen molar-refractivity contribution in [3.05, 3.63) is 70.8 Å². The molecule has 1 unspecified atom stereocenters. The van der Waals surface area contributed by atoms with Crippen LogP contribution in [0.1, 0.15) is 76.6 Å². The molecule has 0 heterocycles. The zero-order valence-corrected chi connectivity index (χ0v) is 15.9. The third-order valence-corrected chi connectivity index (χ3v) is 4.70. The van der Waals surface area contributed by atoms with Crippen LogP contribution in [0.4, 0.5) is 0 Å². The van der Waals surface area contributed by atoms with Crippen LogP contribution in [0.15, 0.2) is 48.5 Å². The monoisotopic (exact) mass is 308 g/mol. The molecule has 0 heteroatoms. The summed E-state index contributed by atoms with van der Waals surface area (Å²) >= 11 is 0. The summed E-state index contributed by atoms with van der Waals surface area (Å²) in [4.78, 5) is 0. The highest BCUT2D eigenvalue weighted by molar-refractivity contribution is 5.38. The van der Waals surface area contributed by atoms with E-state index in [1.807, 2.05) is 0 Å². The maximum Gasteiger partial charge on any atom is 0.0138 e. The minimum Gasteiger partial charge on any atom is -0.0613 e. The molecule has 0 amide bonds. The number of rotatable bonds is 3. The van der Waals surface area contributed by atoms with Gasteiger partial charge in [-0.3, -0.25) is 0 Å². The number of aryl methyl sites for hydroxylation is 1. The van der Waals surface area contributed by atoms with E-state index in [1.54, 1.807) is 0 Å². The lowest BCUT2D eigenvalue weighted by molar-refractivity contribution is 0.358. The van der Waals surface area contributed by atoms with Crippen LogP contribution in [0.3, 0.4) is 0 Å².